The molecule has 1 saturated heterocycles. The van der Waals surface area contributed by atoms with Crippen molar-refractivity contribution in [1.82, 2.24) is 14.0 Å². The number of methoxy groups -OCH3 is 1. The van der Waals surface area contributed by atoms with Gasteiger partial charge in [0.25, 0.3) is 5.56 Å². The van der Waals surface area contributed by atoms with Gasteiger partial charge in [-0.05, 0) is 36.8 Å². The van der Waals surface area contributed by atoms with Crippen molar-refractivity contribution in [2.45, 2.75) is 19.5 Å². The lowest BCUT2D eigenvalue weighted by Gasteiger charge is -2.27. The average molecular weight is 663 g/mol. The Labute approximate surface area is 280 Å². The molecule has 0 radical (unpaired) electrons. The van der Waals surface area contributed by atoms with Crippen LogP contribution in [0.15, 0.2) is 100 Å². The topological polar surface area (TPSA) is 104 Å². The highest BCUT2D eigenvalue weighted by Crippen LogP contribution is 2.36. The molecule has 0 saturated carbocycles. The molecular formula is C37H34N4O6S. The second kappa shape index (κ2) is 13.5. The molecule has 1 atom stereocenters. The SMILES string of the molecule is CCOC(=O)C1=C(c2ccccc2)N=c2s/c(=C/c3cn(CC(=O)N4CCOCC4)c4ccccc34)c(=O)n2[C@@H]1c1cccc(OC)c1. The summed E-state index contributed by atoms with van der Waals surface area (Å²) in [4.78, 5) is 48.6. The molecule has 4 heterocycles. The maximum atomic E-state index is 14.4. The molecule has 0 bridgehead atoms. The van der Waals surface area contributed by atoms with E-state index in [0.717, 1.165) is 22.0 Å². The summed E-state index contributed by atoms with van der Waals surface area (Å²) >= 11 is 1.26. The minimum atomic E-state index is -0.819. The summed E-state index contributed by atoms with van der Waals surface area (Å²) in [6.07, 6.45) is 3.76. The highest BCUT2D eigenvalue weighted by Gasteiger charge is 2.35. The normalized spacial score (nSPS) is 16.5. The molecule has 244 valence electrons. The molecule has 10 nitrogen and oxygen atoms in total. The van der Waals surface area contributed by atoms with Gasteiger partial charge in [-0.15, -0.1) is 0 Å². The zero-order valence-corrected chi connectivity index (χ0v) is 27.4. The zero-order chi connectivity index (χ0) is 33.2. The number of hydrogen-bond donors (Lipinski definition) is 0. The van der Waals surface area contributed by atoms with Gasteiger partial charge in [-0.1, -0.05) is 72.0 Å². The van der Waals surface area contributed by atoms with Gasteiger partial charge in [0.15, 0.2) is 4.80 Å². The van der Waals surface area contributed by atoms with Crippen LogP contribution in [0.25, 0.3) is 22.7 Å². The predicted molar refractivity (Wildman–Crippen MR) is 183 cm³/mol. The number of benzene rings is 3. The van der Waals surface area contributed by atoms with Gasteiger partial charge in [-0.25, -0.2) is 9.79 Å². The van der Waals surface area contributed by atoms with E-state index in [2.05, 4.69) is 0 Å². The van der Waals surface area contributed by atoms with Crippen LogP contribution in [0.1, 0.15) is 29.7 Å². The van der Waals surface area contributed by atoms with Gasteiger partial charge in [0.05, 0.1) is 48.8 Å². The lowest BCUT2D eigenvalue weighted by Crippen LogP contribution is -2.42. The number of aromatic nitrogens is 2. The summed E-state index contributed by atoms with van der Waals surface area (Å²) in [5.41, 5.74) is 3.55. The van der Waals surface area contributed by atoms with E-state index in [9.17, 15) is 14.4 Å². The minimum Gasteiger partial charge on any atom is -0.497 e. The van der Waals surface area contributed by atoms with Crippen LogP contribution in [0.3, 0.4) is 0 Å². The summed E-state index contributed by atoms with van der Waals surface area (Å²) in [5.74, 6) is 0.0638. The summed E-state index contributed by atoms with van der Waals surface area (Å²) in [6.45, 7) is 4.29. The molecule has 0 spiro atoms. The van der Waals surface area contributed by atoms with Crippen molar-refractivity contribution in [3.8, 4) is 5.75 Å². The van der Waals surface area contributed by atoms with Gasteiger partial charge >= 0.3 is 5.97 Å². The summed E-state index contributed by atoms with van der Waals surface area (Å²) < 4.78 is 20.5. The van der Waals surface area contributed by atoms with E-state index in [1.807, 2.05) is 101 Å². The van der Waals surface area contributed by atoms with Crippen molar-refractivity contribution in [2.75, 3.05) is 40.0 Å². The van der Waals surface area contributed by atoms with Gasteiger partial charge in [0.2, 0.25) is 5.91 Å². The van der Waals surface area contributed by atoms with Crippen molar-refractivity contribution >= 4 is 45.9 Å². The van der Waals surface area contributed by atoms with Crippen molar-refractivity contribution < 1.29 is 23.8 Å². The van der Waals surface area contributed by atoms with Crippen molar-refractivity contribution in [1.29, 1.82) is 0 Å². The van der Waals surface area contributed by atoms with Crippen LogP contribution in [0.4, 0.5) is 0 Å². The molecule has 11 heteroatoms. The highest BCUT2D eigenvalue weighted by atomic mass is 32.1. The number of fused-ring (bicyclic) bond motifs is 2. The van der Waals surface area contributed by atoms with Crippen LogP contribution in [-0.2, 0) is 25.6 Å². The highest BCUT2D eigenvalue weighted by molar-refractivity contribution is 7.07. The molecular weight excluding hydrogens is 628 g/mol. The molecule has 3 aromatic carbocycles. The quantitative estimate of drug-likeness (QED) is 0.235. The van der Waals surface area contributed by atoms with Crippen molar-refractivity contribution in [3.05, 3.63) is 127 Å². The number of ether oxygens (including phenoxy) is 3. The van der Waals surface area contributed by atoms with Crippen LogP contribution in [0.2, 0.25) is 0 Å². The fourth-order valence-electron chi connectivity index (χ4n) is 6.29. The molecule has 7 rings (SSSR count). The first-order valence-corrected chi connectivity index (χ1v) is 16.6. The van der Waals surface area contributed by atoms with Crippen LogP contribution < -0.4 is 19.6 Å². The summed E-state index contributed by atoms with van der Waals surface area (Å²) in [6, 6.07) is 23.8. The molecule has 0 N–H and O–H groups in total. The van der Waals surface area contributed by atoms with E-state index < -0.39 is 12.0 Å². The molecule has 48 heavy (non-hydrogen) atoms. The Morgan fingerprint density at radius 3 is 2.56 bits per heavy atom. The van der Waals surface area contributed by atoms with Crippen molar-refractivity contribution in [3.63, 3.8) is 0 Å². The lowest BCUT2D eigenvalue weighted by molar-refractivity contribution is -0.139. The van der Waals surface area contributed by atoms with E-state index in [4.69, 9.17) is 19.2 Å². The third kappa shape index (κ3) is 5.86. The van der Waals surface area contributed by atoms with Crippen LogP contribution >= 0.6 is 11.3 Å². The standard InChI is InChI=1S/C37H34N4O6S/c1-3-47-36(44)32-33(24-10-5-4-6-11-24)38-37-41(34(32)25-12-9-13-27(20-25)45-2)35(43)30(48-37)21-26-22-40(29-15-8-7-14-28(26)29)23-31(42)39-16-18-46-19-17-39/h4-15,20-22,34H,3,16-19,23H2,1-2H3/b30-21+/t34-/m1/s1. The second-order valence-corrected chi connectivity index (χ2v) is 12.4. The Morgan fingerprint density at radius 1 is 1.02 bits per heavy atom. The Morgan fingerprint density at radius 2 is 1.79 bits per heavy atom. The largest absolute Gasteiger partial charge is 0.497 e. The van der Waals surface area contributed by atoms with Gasteiger partial charge in [-0.2, -0.15) is 0 Å². The molecule has 0 unspecified atom stereocenters. The maximum Gasteiger partial charge on any atom is 0.338 e. The zero-order valence-electron chi connectivity index (χ0n) is 26.6. The molecule has 0 aliphatic carbocycles. The summed E-state index contributed by atoms with van der Waals surface area (Å²) in [5, 5.41) is 0.916. The van der Waals surface area contributed by atoms with Gasteiger partial charge in [-0.3, -0.25) is 14.2 Å². The Balaban J connectivity index is 1.41. The Bertz CT molecular complexity index is 2230. The number of nitrogens with zero attached hydrogens (tertiary/aromatic N) is 4. The second-order valence-electron chi connectivity index (χ2n) is 11.4. The molecule has 2 aliphatic rings. The predicted octanol–water partition coefficient (Wildman–Crippen LogP) is 3.76. The first kappa shape index (κ1) is 31.3. The first-order chi connectivity index (χ1) is 23.5. The van der Waals surface area contributed by atoms with Crippen molar-refractivity contribution in [2.24, 2.45) is 4.99 Å². The Kier molecular flexibility index (Phi) is 8.79. The smallest absolute Gasteiger partial charge is 0.338 e. The number of para-hydroxylation sites is 1. The molecule has 2 aromatic heterocycles. The van der Waals surface area contributed by atoms with Gasteiger partial charge < -0.3 is 23.7 Å². The van der Waals surface area contributed by atoms with Crippen LogP contribution in [-0.4, -0.2) is 65.9 Å². The maximum absolute atomic E-state index is 14.4. The number of amides is 1. The molecule has 2 aliphatic heterocycles. The third-order valence-electron chi connectivity index (χ3n) is 8.56. The number of thiazole rings is 1. The van der Waals surface area contributed by atoms with E-state index in [0.29, 0.717) is 52.6 Å². The monoisotopic (exact) mass is 662 g/mol. The van der Waals surface area contributed by atoms with E-state index in [1.165, 1.54) is 11.3 Å². The number of esters is 1. The third-order valence-corrected chi connectivity index (χ3v) is 9.54. The van der Waals surface area contributed by atoms with Crippen LogP contribution in [0, 0.1) is 0 Å². The summed E-state index contributed by atoms with van der Waals surface area (Å²) in [7, 11) is 1.58. The van der Waals surface area contributed by atoms with E-state index >= 15 is 0 Å². The molecule has 1 fully saturated rings. The number of carbonyl (C=O) groups is 2. The lowest BCUT2D eigenvalue weighted by atomic mass is 9.93. The molecule has 5 aromatic rings. The minimum absolute atomic E-state index is 0.0169. The van der Waals surface area contributed by atoms with Gasteiger partial charge in [0, 0.05) is 41.3 Å². The first-order valence-electron chi connectivity index (χ1n) is 15.8. The fourth-order valence-corrected chi connectivity index (χ4v) is 7.28. The van der Waals surface area contributed by atoms with Crippen LogP contribution in [0.5, 0.6) is 5.75 Å². The van der Waals surface area contributed by atoms with E-state index in [-0.39, 0.29) is 30.2 Å². The fraction of sp³-hybridized carbons (Fsp3) is 0.243. The number of rotatable bonds is 8. The van der Waals surface area contributed by atoms with Gasteiger partial charge in [0.1, 0.15) is 12.3 Å². The number of morpholine rings is 1. The molecule has 1 amide bonds. The Hall–Kier alpha value is -5.26. The number of hydrogen-bond acceptors (Lipinski definition) is 8. The van der Waals surface area contributed by atoms with E-state index in [1.54, 1.807) is 18.6 Å². The number of carbonyl (C=O) groups excluding carboxylic acids is 2. The average Bonchev–Trinajstić information content (AvgIpc) is 3.63.